The molecular weight excluding hydrogens is 114 g/mol. The average Bonchev–Trinajstić information content (AvgIpc) is 2.33. The first-order valence-corrected chi connectivity index (χ1v) is 2.82. The van der Waals surface area contributed by atoms with Gasteiger partial charge in [0.2, 0.25) is 0 Å². The summed E-state index contributed by atoms with van der Waals surface area (Å²) < 4.78 is 0. The highest BCUT2D eigenvalue weighted by Crippen LogP contribution is 2.22. The molecule has 0 saturated heterocycles. The molecule has 2 rings (SSSR count). The molecule has 9 heavy (non-hydrogen) atoms. The Hall–Kier alpha value is -1.25. The van der Waals surface area contributed by atoms with Gasteiger partial charge in [-0.2, -0.15) is 0 Å². The zero-order chi connectivity index (χ0) is 6.10. The van der Waals surface area contributed by atoms with Crippen molar-refractivity contribution in [3.05, 3.63) is 18.5 Å². The fraction of sp³-hybridized carbons (Fsp3) is 0.167. The molecule has 3 heteroatoms. The van der Waals surface area contributed by atoms with Gasteiger partial charge < -0.3 is 5.32 Å². The van der Waals surface area contributed by atoms with Crippen LogP contribution in [0.3, 0.4) is 0 Å². The van der Waals surface area contributed by atoms with Gasteiger partial charge in [-0.25, -0.2) is 0 Å². The Morgan fingerprint density at radius 1 is 1.56 bits per heavy atom. The van der Waals surface area contributed by atoms with Gasteiger partial charge >= 0.3 is 0 Å². The summed E-state index contributed by atoms with van der Waals surface area (Å²) in [6, 6.07) is 1.92. The highest BCUT2D eigenvalue weighted by atomic mass is 15.1. The van der Waals surface area contributed by atoms with E-state index in [1.54, 1.807) is 12.4 Å². The minimum Gasteiger partial charge on any atom is -0.364 e. The van der Waals surface area contributed by atoms with Gasteiger partial charge in [-0.3, -0.25) is 10.3 Å². The van der Waals surface area contributed by atoms with E-state index in [1.165, 1.54) is 0 Å². The Kier molecular flexibility index (Phi) is 0.828. The molecule has 1 N–H and O–H groups in total. The van der Waals surface area contributed by atoms with Crippen LogP contribution in [0.4, 0.5) is 11.4 Å². The summed E-state index contributed by atoms with van der Waals surface area (Å²) in [4.78, 5) is 3.92. The summed E-state index contributed by atoms with van der Waals surface area (Å²) in [6.07, 6.45) is 3.52. The van der Waals surface area contributed by atoms with Crippen LogP contribution in [-0.4, -0.2) is 11.7 Å². The van der Waals surface area contributed by atoms with E-state index in [1.807, 2.05) is 6.07 Å². The summed E-state index contributed by atoms with van der Waals surface area (Å²) in [5.74, 6) is 0. The Morgan fingerprint density at radius 2 is 2.56 bits per heavy atom. The van der Waals surface area contributed by atoms with Crippen molar-refractivity contribution in [2.24, 2.45) is 0 Å². The maximum Gasteiger partial charge on any atom is 0.108 e. The molecule has 0 bridgehead atoms. The minimum atomic E-state index is 0.695. The van der Waals surface area contributed by atoms with E-state index >= 15 is 0 Å². The first-order valence-electron chi connectivity index (χ1n) is 2.82. The summed E-state index contributed by atoms with van der Waals surface area (Å²) in [5, 5.41) is 7.22. The van der Waals surface area contributed by atoms with Crippen LogP contribution in [-0.2, 0) is 0 Å². The van der Waals surface area contributed by atoms with Crippen molar-refractivity contribution in [3.8, 4) is 0 Å². The quantitative estimate of drug-likeness (QED) is 0.547. The highest BCUT2D eigenvalue weighted by Gasteiger charge is 2.07. The van der Waals surface area contributed by atoms with Crippen LogP contribution in [0, 0.1) is 0 Å². The van der Waals surface area contributed by atoms with Crippen molar-refractivity contribution in [2.45, 2.75) is 0 Å². The largest absolute Gasteiger partial charge is 0.364 e. The summed E-state index contributed by atoms with van der Waals surface area (Å²) in [7, 11) is 0. The Balaban J connectivity index is 2.54. The molecule has 45 valence electrons. The van der Waals surface area contributed by atoms with Crippen LogP contribution < -0.4 is 10.6 Å². The van der Waals surface area contributed by atoms with Gasteiger partial charge in [0.1, 0.15) is 12.4 Å². The Bertz CT molecular complexity index is 198. The topological polar surface area (TPSA) is 39.0 Å². The Labute approximate surface area is 53.1 Å². The number of pyridine rings is 1. The molecule has 1 aromatic heterocycles. The van der Waals surface area contributed by atoms with E-state index < -0.39 is 0 Å². The van der Waals surface area contributed by atoms with Gasteiger partial charge in [0.05, 0.1) is 11.9 Å². The molecule has 0 spiro atoms. The molecule has 1 radical (unpaired) electrons. The second kappa shape index (κ2) is 1.62. The van der Waals surface area contributed by atoms with Crippen molar-refractivity contribution in [1.82, 2.24) is 10.3 Å². The molecule has 0 atom stereocenters. The van der Waals surface area contributed by atoms with Crippen LogP contribution in [0.2, 0.25) is 0 Å². The average molecular weight is 120 g/mol. The van der Waals surface area contributed by atoms with Crippen molar-refractivity contribution >= 4 is 11.4 Å². The number of hydrogen-bond acceptors (Lipinski definition) is 2. The number of hydrogen-bond donors (Lipinski definition) is 1. The SMILES string of the molecule is c1cc2c(cn1)[N]CN2. The molecule has 2 heterocycles. The number of anilines is 1. The molecule has 0 unspecified atom stereocenters. The van der Waals surface area contributed by atoms with E-state index in [2.05, 4.69) is 15.6 Å². The van der Waals surface area contributed by atoms with Crippen LogP contribution in [0.5, 0.6) is 0 Å². The molecule has 0 aliphatic carbocycles. The van der Waals surface area contributed by atoms with Gasteiger partial charge in [0, 0.05) is 6.20 Å². The van der Waals surface area contributed by atoms with E-state index in [4.69, 9.17) is 0 Å². The summed E-state index contributed by atoms with van der Waals surface area (Å²) >= 11 is 0. The predicted octanol–water partition coefficient (Wildman–Crippen LogP) is 0.700. The lowest BCUT2D eigenvalue weighted by molar-refractivity contribution is 0.979. The predicted molar refractivity (Wildman–Crippen MR) is 34.5 cm³/mol. The highest BCUT2D eigenvalue weighted by molar-refractivity contribution is 5.66. The van der Waals surface area contributed by atoms with E-state index in [0.29, 0.717) is 6.67 Å². The molecule has 1 aliphatic heterocycles. The molecule has 0 saturated carbocycles. The van der Waals surface area contributed by atoms with Crippen LogP contribution in [0.25, 0.3) is 0 Å². The van der Waals surface area contributed by atoms with Gasteiger partial charge in [-0.15, -0.1) is 0 Å². The second-order valence-electron chi connectivity index (χ2n) is 1.89. The fourth-order valence-corrected chi connectivity index (χ4v) is 0.871. The zero-order valence-corrected chi connectivity index (χ0v) is 4.83. The van der Waals surface area contributed by atoms with Crippen molar-refractivity contribution < 1.29 is 0 Å². The number of rotatable bonds is 0. The van der Waals surface area contributed by atoms with Crippen molar-refractivity contribution in [1.29, 1.82) is 0 Å². The fourth-order valence-electron chi connectivity index (χ4n) is 0.871. The number of aromatic nitrogens is 1. The van der Waals surface area contributed by atoms with Gasteiger partial charge in [0.25, 0.3) is 0 Å². The van der Waals surface area contributed by atoms with Crippen LogP contribution in [0.1, 0.15) is 0 Å². The monoisotopic (exact) mass is 120 g/mol. The van der Waals surface area contributed by atoms with E-state index in [9.17, 15) is 0 Å². The zero-order valence-electron chi connectivity index (χ0n) is 4.83. The summed E-state index contributed by atoms with van der Waals surface area (Å²) in [5.41, 5.74) is 2.06. The maximum absolute atomic E-state index is 4.13. The maximum atomic E-state index is 4.13. The lowest BCUT2D eigenvalue weighted by Gasteiger charge is -1.91. The summed E-state index contributed by atoms with van der Waals surface area (Å²) in [6.45, 7) is 0.695. The van der Waals surface area contributed by atoms with E-state index in [-0.39, 0.29) is 0 Å². The molecular formula is C6H6N3. The van der Waals surface area contributed by atoms with Crippen molar-refractivity contribution in [2.75, 3.05) is 12.0 Å². The lowest BCUT2D eigenvalue weighted by Crippen LogP contribution is -1.97. The number of nitrogens with one attached hydrogen (secondary N) is 1. The standard InChI is InChI=1S/C6H6N3/c1-2-7-3-6-5(1)8-4-9-6/h1-3,8H,4H2. The molecule has 1 aliphatic rings. The minimum absolute atomic E-state index is 0.695. The van der Waals surface area contributed by atoms with Crippen LogP contribution >= 0.6 is 0 Å². The third-order valence-corrected chi connectivity index (χ3v) is 1.32. The van der Waals surface area contributed by atoms with E-state index in [0.717, 1.165) is 11.4 Å². The van der Waals surface area contributed by atoms with Crippen LogP contribution in [0.15, 0.2) is 18.5 Å². The van der Waals surface area contributed by atoms with Gasteiger partial charge in [-0.1, -0.05) is 0 Å². The van der Waals surface area contributed by atoms with Gasteiger partial charge in [0.15, 0.2) is 0 Å². The van der Waals surface area contributed by atoms with Crippen molar-refractivity contribution in [3.63, 3.8) is 0 Å². The molecule has 1 aromatic rings. The normalized spacial score (nSPS) is 13.8. The number of nitrogens with zero attached hydrogens (tertiary/aromatic N) is 2. The first-order chi connectivity index (χ1) is 4.47. The smallest absolute Gasteiger partial charge is 0.108 e. The lowest BCUT2D eigenvalue weighted by atomic mass is 10.4. The molecule has 0 fully saturated rings. The Morgan fingerprint density at radius 3 is 3.44 bits per heavy atom. The molecule has 0 amide bonds. The number of fused-ring (bicyclic) bond motifs is 1. The second-order valence-corrected chi connectivity index (χ2v) is 1.89. The molecule has 0 aromatic carbocycles. The van der Waals surface area contributed by atoms with Gasteiger partial charge in [-0.05, 0) is 6.07 Å². The third-order valence-electron chi connectivity index (χ3n) is 1.32. The third kappa shape index (κ3) is 0.614. The first kappa shape index (κ1) is 4.61. The molecule has 3 nitrogen and oxygen atoms in total.